The van der Waals surface area contributed by atoms with Crippen LogP contribution in [0.15, 0.2) is 0 Å². The monoisotopic (exact) mass is 224 g/mol. The van der Waals surface area contributed by atoms with Gasteiger partial charge in [-0.15, -0.1) is 0 Å². The number of nitrogens with two attached hydrogens (primary N) is 1. The fraction of sp³-hybridized carbons (Fsp3) is 1.00. The van der Waals surface area contributed by atoms with Gasteiger partial charge in [0.2, 0.25) is 0 Å². The Hall–Kier alpha value is -0.0800. The van der Waals surface area contributed by atoms with Crippen LogP contribution in [-0.4, -0.2) is 30.6 Å². The molecule has 0 aromatic heterocycles. The maximum Gasteiger partial charge on any atom is 0.00419 e. The molecule has 2 fully saturated rings. The summed E-state index contributed by atoms with van der Waals surface area (Å²) in [6.45, 7) is 6.27. The summed E-state index contributed by atoms with van der Waals surface area (Å²) in [6, 6.07) is 0.489. The molecule has 0 spiro atoms. The molecule has 0 heterocycles. The fourth-order valence-corrected chi connectivity index (χ4v) is 3.10. The zero-order valence-electron chi connectivity index (χ0n) is 10.8. The van der Waals surface area contributed by atoms with Crippen LogP contribution in [0.4, 0.5) is 0 Å². The molecule has 2 unspecified atom stereocenters. The van der Waals surface area contributed by atoms with Crippen molar-refractivity contribution in [2.75, 3.05) is 19.6 Å². The number of nitrogens with zero attached hydrogens (tertiary/aromatic N) is 1. The molecule has 0 aromatic rings. The molecule has 0 amide bonds. The summed E-state index contributed by atoms with van der Waals surface area (Å²) in [6.07, 6.45) is 9.55. The van der Waals surface area contributed by atoms with Gasteiger partial charge >= 0.3 is 0 Å². The van der Waals surface area contributed by atoms with Gasteiger partial charge in [0.1, 0.15) is 0 Å². The topological polar surface area (TPSA) is 29.3 Å². The Morgan fingerprint density at radius 3 is 2.44 bits per heavy atom. The van der Waals surface area contributed by atoms with Crippen molar-refractivity contribution in [1.29, 1.82) is 0 Å². The lowest BCUT2D eigenvalue weighted by molar-refractivity contribution is 0.186. The van der Waals surface area contributed by atoms with Crippen molar-refractivity contribution < 1.29 is 0 Å². The lowest BCUT2D eigenvalue weighted by Crippen LogP contribution is -2.37. The normalized spacial score (nSPS) is 30.9. The third kappa shape index (κ3) is 4.06. The van der Waals surface area contributed by atoms with Gasteiger partial charge in [-0.2, -0.15) is 0 Å². The van der Waals surface area contributed by atoms with Crippen molar-refractivity contribution in [3.8, 4) is 0 Å². The van der Waals surface area contributed by atoms with Gasteiger partial charge in [0, 0.05) is 19.1 Å². The second kappa shape index (κ2) is 6.02. The molecule has 2 aliphatic rings. The molecule has 2 aliphatic carbocycles. The van der Waals surface area contributed by atoms with E-state index in [1.165, 1.54) is 64.6 Å². The minimum Gasteiger partial charge on any atom is -0.328 e. The average Bonchev–Trinajstić information content (AvgIpc) is 3.02. The smallest absolute Gasteiger partial charge is 0.00419 e. The van der Waals surface area contributed by atoms with Crippen molar-refractivity contribution in [3.63, 3.8) is 0 Å². The van der Waals surface area contributed by atoms with Gasteiger partial charge < -0.3 is 10.6 Å². The van der Waals surface area contributed by atoms with Crippen molar-refractivity contribution >= 4 is 0 Å². The van der Waals surface area contributed by atoms with E-state index in [1.807, 2.05) is 0 Å². The second-order valence-electron chi connectivity index (χ2n) is 6.00. The second-order valence-corrected chi connectivity index (χ2v) is 6.00. The molecule has 2 atom stereocenters. The zero-order chi connectivity index (χ0) is 11.4. The summed E-state index contributed by atoms with van der Waals surface area (Å²) in [5, 5.41) is 0. The molecule has 2 nitrogen and oxygen atoms in total. The molecule has 0 bridgehead atoms. The molecule has 94 valence electrons. The molecule has 2 heteroatoms. The van der Waals surface area contributed by atoms with Crippen LogP contribution in [0.25, 0.3) is 0 Å². The minimum absolute atomic E-state index is 0.489. The van der Waals surface area contributed by atoms with Crippen LogP contribution < -0.4 is 5.73 Å². The molecule has 2 saturated carbocycles. The highest BCUT2D eigenvalue weighted by molar-refractivity contribution is 4.81. The standard InChI is InChI=1S/C14H28N2/c1-2-8-16(10-12-6-7-12)11-13-4-3-5-14(15)9-13/h12-14H,2-11,15H2,1H3. The maximum atomic E-state index is 6.07. The van der Waals surface area contributed by atoms with Crippen LogP contribution in [0.2, 0.25) is 0 Å². The lowest BCUT2D eigenvalue weighted by atomic mass is 9.86. The summed E-state index contributed by atoms with van der Waals surface area (Å²) < 4.78 is 0. The minimum atomic E-state index is 0.489. The van der Waals surface area contributed by atoms with Gasteiger partial charge in [0.25, 0.3) is 0 Å². The van der Waals surface area contributed by atoms with Crippen LogP contribution >= 0.6 is 0 Å². The van der Waals surface area contributed by atoms with E-state index in [9.17, 15) is 0 Å². The number of rotatable bonds is 6. The summed E-state index contributed by atoms with van der Waals surface area (Å²) in [5.41, 5.74) is 6.07. The Bertz CT molecular complexity index is 201. The number of hydrogen-bond donors (Lipinski definition) is 1. The van der Waals surface area contributed by atoms with Crippen molar-refractivity contribution in [1.82, 2.24) is 4.90 Å². The molecule has 2 rings (SSSR count). The summed E-state index contributed by atoms with van der Waals surface area (Å²) in [4.78, 5) is 2.71. The first-order valence-corrected chi connectivity index (χ1v) is 7.26. The quantitative estimate of drug-likeness (QED) is 0.751. The first-order chi connectivity index (χ1) is 7.78. The van der Waals surface area contributed by atoms with Gasteiger partial charge in [-0.3, -0.25) is 0 Å². The van der Waals surface area contributed by atoms with Crippen LogP contribution in [0.5, 0.6) is 0 Å². The van der Waals surface area contributed by atoms with E-state index in [-0.39, 0.29) is 0 Å². The molecule has 0 aromatic carbocycles. The Morgan fingerprint density at radius 1 is 1.06 bits per heavy atom. The number of hydrogen-bond acceptors (Lipinski definition) is 2. The van der Waals surface area contributed by atoms with Gasteiger partial charge in [-0.1, -0.05) is 13.3 Å². The predicted octanol–water partition coefficient (Wildman–Crippen LogP) is 2.63. The van der Waals surface area contributed by atoms with E-state index in [0.717, 1.165) is 11.8 Å². The summed E-state index contributed by atoms with van der Waals surface area (Å²) in [5.74, 6) is 1.91. The van der Waals surface area contributed by atoms with E-state index in [1.54, 1.807) is 0 Å². The third-order valence-corrected chi connectivity index (χ3v) is 4.09. The highest BCUT2D eigenvalue weighted by atomic mass is 15.1. The first kappa shape index (κ1) is 12.4. The van der Waals surface area contributed by atoms with Crippen LogP contribution in [0.3, 0.4) is 0 Å². The molecule has 16 heavy (non-hydrogen) atoms. The summed E-state index contributed by atoms with van der Waals surface area (Å²) >= 11 is 0. The van der Waals surface area contributed by atoms with Crippen molar-refractivity contribution in [2.24, 2.45) is 17.6 Å². The molecule has 2 N–H and O–H groups in total. The lowest BCUT2D eigenvalue weighted by Gasteiger charge is -2.32. The van der Waals surface area contributed by atoms with E-state index >= 15 is 0 Å². The van der Waals surface area contributed by atoms with Gasteiger partial charge in [-0.05, 0) is 56.9 Å². The molecular weight excluding hydrogens is 196 g/mol. The predicted molar refractivity (Wildman–Crippen MR) is 69.4 cm³/mol. The van der Waals surface area contributed by atoms with Crippen LogP contribution in [0.1, 0.15) is 51.9 Å². The first-order valence-electron chi connectivity index (χ1n) is 7.26. The van der Waals surface area contributed by atoms with Gasteiger partial charge in [-0.25, -0.2) is 0 Å². The Kier molecular flexibility index (Phi) is 4.66. The van der Waals surface area contributed by atoms with Crippen LogP contribution in [-0.2, 0) is 0 Å². The summed E-state index contributed by atoms with van der Waals surface area (Å²) in [7, 11) is 0. The van der Waals surface area contributed by atoms with Crippen LogP contribution in [0, 0.1) is 11.8 Å². The maximum absolute atomic E-state index is 6.07. The average molecular weight is 224 g/mol. The Labute approximate surface area is 101 Å². The van der Waals surface area contributed by atoms with E-state index in [4.69, 9.17) is 5.73 Å². The fourth-order valence-electron chi connectivity index (χ4n) is 3.10. The molecule has 0 radical (unpaired) electrons. The van der Waals surface area contributed by atoms with Crippen molar-refractivity contribution in [2.45, 2.75) is 57.9 Å². The Morgan fingerprint density at radius 2 is 1.81 bits per heavy atom. The molecule has 0 saturated heterocycles. The van der Waals surface area contributed by atoms with Crippen molar-refractivity contribution in [3.05, 3.63) is 0 Å². The SMILES string of the molecule is CCCN(CC1CC1)CC1CCCC(N)C1. The molecule has 0 aliphatic heterocycles. The van der Waals surface area contributed by atoms with E-state index in [0.29, 0.717) is 6.04 Å². The highest BCUT2D eigenvalue weighted by Crippen LogP contribution is 2.31. The molecular formula is C14H28N2. The van der Waals surface area contributed by atoms with E-state index in [2.05, 4.69) is 11.8 Å². The zero-order valence-corrected chi connectivity index (χ0v) is 10.8. The third-order valence-electron chi connectivity index (χ3n) is 4.09. The van der Waals surface area contributed by atoms with Gasteiger partial charge in [0.05, 0.1) is 0 Å². The van der Waals surface area contributed by atoms with Gasteiger partial charge in [0.15, 0.2) is 0 Å². The Balaban J connectivity index is 1.74. The highest BCUT2D eigenvalue weighted by Gasteiger charge is 2.26. The van der Waals surface area contributed by atoms with E-state index < -0.39 is 0 Å². The largest absolute Gasteiger partial charge is 0.328 e.